The van der Waals surface area contributed by atoms with Gasteiger partial charge in [0.1, 0.15) is 10.8 Å². The van der Waals surface area contributed by atoms with E-state index in [0.29, 0.717) is 10.6 Å². The highest BCUT2D eigenvalue weighted by molar-refractivity contribution is 7.21. The number of rotatable bonds is 1. The van der Waals surface area contributed by atoms with Gasteiger partial charge < -0.3 is 5.11 Å². The third-order valence-electron chi connectivity index (χ3n) is 2.50. The van der Waals surface area contributed by atoms with Crippen LogP contribution in [0.3, 0.4) is 0 Å². The van der Waals surface area contributed by atoms with E-state index in [1.54, 1.807) is 18.2 Å². The molecule has 84 valence electrons. The third kappa shape index (κ3) is 1.77. The SMILES string of the molecule is Oc1cccc(Cl)c1-c1nc2ccccc2s1. The minimum Gasteiger partial charge on any atom is -0.507 e. The molecular weight excluding hydrogens is 254 g/mol. The molecule has 0 saturated carbocycles. The number of benzene rings is 2. The zero-order valence-corrected chi connectivity index (χ0v) is 10.3. The van der Waals surface area contributed by atoms with Gasteiger partial charge in [-0.3, -0.25) is 0 Å². The number of phenolic OH excluding ortho intramolecular Hbond substituents is 1. The van der Waals surface area contributed by atoms with Crippen molar-refractivity contribution >= 4 is 33.2 Å². The van der Waals surface area contributed by atoms with Crippen LogP contribution in [0.2, 0.25) is 5.02 Å². The van der Waals surface area contributed by atoms with Crippen molar-refractivity contribution < 1.29 is 5.11 Å². The quantitative estimate of drug-likeness (QED) is 0.708. The van der Waals surface area contributed by atoms with Crippen molar-refractivity contribution in [3.8, 4) is 16.3 Å². The molecule has 1 N–H and O–H groups in total. The van der Waals surface area contributed by atoms with E-state index < -0.39 is 0 Å². The van der Waals surface area contributed by atoms with Gasteiger partial charge in [0.15, 0.2) is 0 Å². The maximum absolute atomic E-state index is 9.85. The Morgan fingerprint density at radius 2 is 1.88 bits per heavy atom. The normalized spacial score (nSPS) is 10.9. The summed E-state index contributed by atoms with van der Waals surface area (Å²) in [4.78, 5) is 4.48. The zero-order chi connectivity index (χ0) is 11.8. The van der Waals surface area contributed by atoms with Crippen molar-refractivity contribution in [2.75, 3.05) is 0 Å². The molecule has 4 heteroatoms. The van der Waals surface area contributed by atoms with Gasteiger partial charge >= 0.3 is 0 Å². The number of thiazole rings is 1. The molecule has 3 aromatic rings. The summed E-state index contributed by atoms with van der Waals surface area (Å²) in [6.07, 6.45) is 0. The molecule has 3 rings (SSSR count). The summed E-state index contributed by atoms with van der Waals surface area (Å²) in [5, 5.41) is 11.1. The summed E-state index contributed by atoms with van der Waals surface area (Å²) >= 11 is 7.62. The molecule has 0 radical (unpaired) electrons. The number of para-hydroxylation sites is 1. The molecule has 0 spiro atoms. The van der Waals surface area contributed by atoms with E-state index in [9.17, 15) is 5.11 Å². The molecule has 0 amide bonds. The Hall–Kier alpha value is -1.58. The van der Waals surface area contributed by atoms with Gasteiger partial charge in [0.2, 0.25) is 0 Å². The molecule has 17 heavy (non-hydrogen) atoms. The van der Waals surface area contributed by atoms with E-state index in [-0.39, 0.29) is 5.75 Å². The highest BCUT2D eigenvalue weighted by atomic mass is 35.5. The van der Waals surface area contributed by atoms with Crippen molar-refractivity contribution in [2.45, 2.75) is 0 Å². The summed E-state index contributed by atoms with van der Waals surface area (Å²) in [7, 11) is 0. The molecule has 1 heterocycles. The Kier molecular flexibility index (Phi) is 2.50. The molecule has 0 fully saturated rings. The largest absolute Gasteiger partial charge is 0.507 e. The molecule has 0 atom stereocenters. The van der Waals surface area contributed by atoms with E-state index >= 15 is 0 Å². The monoisotopic (exact) mass is 261 g/mol. The Bertz CT molecular complexity index is 639. The van der Waals surface area contributed by atoms with Gasteiger partial charge in [0.05, 0.1) is 20.8 Å². The number of hydrogen-bond acceptors (Lipinski definition) is 3. The van der Waals surface area contributed by atoms with Gasteiger partial charge in [-0.25, -0.2) is 4.98 Å². The molecule has 1 aromatic heterocycles. The fourth-order valence-corrected chi connectivity index (χ4v) is 3.05. The number of halogens is 1. The molecule has 0 aliphatic carbocycles. The van der Waals surface area contributed by atoms with Crippen LogP contribution in [0, 0.1) is 0 Å². The number of fused-ring (bicyclic) bond motifs is 1. The van der Waals surface area contributed by atoms with Crippen LogP contribution < -0.4 is 0 Å². The van der Waals surface area contributed by atoms with E-state index in [1.165, 1.54) is 11.3 Å². The van der Waals surface area contributed by atoms with Gasteiger partial charge in [-0.15, -0.1) is 11.3 Å². The van der Waals surface area contributed by atoms with Gasteiger partial charge in [-0.1, -0.05) is 29.8 Å². The van der Waals surface area contributed by atoms with Gasteiger partial charge in [-0.05, 0) is 24.3 Å². The average Bonchev–Trinajstić information content (AvgIpc) is 2.71. The van der Waals surface area contributed by atoms with Crippen LogP contribution in [0.25, 0.3) is 20.8 Å². The van der Waals surface area contributed by atoms with E-state index in [2.05, 4.69) is 4.98 Å². The van der Waals surface area contributed by atoms with Crippen molar-refractivity contribution in [3.63, 3.8) is 0 Å². The second kappa shape index (κ2) is 4.02. The molecule has 0 aliphatic heterocycles. The lowest BCUT2D eigenvalue weighted by atomic mass is 10.2. The van der Waals surface area contributed by atoms with Crippen molar-refractivity contribution in [2.24, 2.45) is 0 Å². The smallest absolute Gasteiger partial charge is 0.129 e. The first kappa shape index (κ1) is 10.6. The van der Waals surface area contributed by atoms with Crippen LogP contribution in [0.5, 0.6) is 5.75 Å². The maximum atomic E-state index is 9.85. The standard InChI is InChI=1S/C13H8ClNOS/c14-8-4-3-6-10(16)12(8)13-15-9-5-1-2-7-11(9)17-13/h1-7,16H. The molecule has 2 aromatic carbocycles. The zero-order valence-electron chi connectivity index (χ0n) is 8.72. The summed E-state index contributed by atoms with van der Waals surface area (Å²) in [6.45, 7) is 0. The Morgan fingerprint density at radius 1 is 1.06 bits per heavy atom. The van der Waals surface area contributed by atoms with Gasteiger partial charge in [-0.2, -0.15) is 0 Å². The van der Waals surface area contributed by atoms with Gasteiger partial charge in [0.25, 0.3) is 0 Å². The first-order chi connectivity index (χ1) is 8.25. The Balaban J connectivity index is 2.27. The second-order valence-corrected chi connectivity index (χ2v) is 5.06. The van der Waals surface area contributed by atoms with Crippen molar-refractivity contribution in [3.05, 3.63) is 47.5 Å². The fraction of sp³-hybridized carbons (Fsp3) is 0. The molecule has 0 bridgehead atoms. The fourth-order valence-electron chi connectivity index (χ4n) is 1.70. The third-order valence-corrected chi connectivity index (χ3v) is 3.87. The van der Waals surface area contributed by atoms with Crippen LogP contribution in [0.4, 0.5) is 0 Å². The van der Waals surface area contributed by atoms with E-state index in [4.69, 9.17) is 11.6 Å². The van der Waals surface area contributed by atoms with Gasteiger partial charge in [0, 0.05) is 0 Å². The Morgan fingerprint density at radius 3 is 2.65 bits per heavy atom. The van der Waals surface area contributed by atoms with Crippen LogP contribution in [0.1, 0.15) is 0 Å². The van der Waals surface area contributed by atoms with Crippen LogP contribution in [-0.4, -0.2) is 10.1 Å². The average molecular weight is 262 g/mol. The predicted octanol–water partition coefficient (Wildman–Crippen LogP) is 4.32. The topological polar surface area (TPSA) is 33.1 Å². The van der Waals surface area contributed by atoms with Crippen molar-refractivity contribution in [1.82, 2.24) is 4.98 Å². The van der Waals surface area contributed by atoms with Crippen molar-refractivity contribution in [1.29, 1.82) is 0 Å². The first-order valence-electron chi connectivity index (χ1n) is 5.09. The lowest BCUT2D eigenvalue weighted by molar-refractivity contribution is 0.477. The number of aromatic nitrogens is 1. The number of nitrogens with zero attached hydrogens (tertiary/aromatic N) is 1. The minimum absolute atomic E-state index is 0.163. The van der Waals surface area contributed by atoms with E-state index in [1.807, 2.05) is 24.3 Å². The molecule has 2 nitrogen and oxygen atoms in total. The second-order valence-electron chi connectivity index (χ2n) is 3.62. The number of hydrogen-bond donors (Lipinski definition) is 1. The highest BCUT2D eigenvalue weighted by Crippen LogP contribution is 2.39. The molecule has 0 saturated heterocycles. The summed E-state index contributed by atoms with van der Waals surface area (Å²) in [5.74, 6) is 0.163. The van der Waals surface area contributed by atoms with Crippen LogP contribution in [-0.2, 0) is 0 Å². The van der Waals surface area contributed by atoms with E-state index in [0.717, 1.165) is 15.2 Å². The maximum Gasteiger partial charge on any atom is 0.129 e. The lowest BCUT2D eigenvalue weighted by Crippen LogP contribution is -1.79. The summed E-state index contributed by atoms with van der Waals surface area (Å²) < 4.78 is 1.09. The molecular formula is C13H8ClNOS. The van der Waals surface area contributed by atoms with Crippen LogP contribution >= 0.6 is 22.9 Å². The summed E-state index contributed by atoms with van der Waals surface area (Å²) in [6, 6.07) is 13.0. The number of aromatic hydroxyl groups is 1. The highest BCUT2D eigenvalue weighted by Gasteiger charge is 2.13. The molecule has 0 unspecified atom stereocenters. The lowest BCUT2D eigenvalue weighted by Gasteiger charge is -2.02. The molecule has 0 aliphatic rings. The minimum atomic E-state index is 0.163. The predicted molar refractivity (Wildman–Crippen MR) is 71.7 cm³/mol. The summed E-state index contributed by atoms with van der Waals surface area (Å²) in [5.41, 5.74) is 1.53. The number of phenols is 1. The first-order valence-corrected chi connectivity index (χ1v) is 6.28. The van der Waals surface area contributed by atoms with Crippen LogP contribution in [0.15, 0.2) is 42.5 Å². The Labute approximate surface area is 107 Å².